The molecule has 0 saturated heterocycles. The molecule has 1 heterocycles. The van der Waals surface area contributed by atoms with E-state index in [-0.39, 0.29) is 0 Å². The smallest absolute Gasteiger partial charge is 0.133 e. The lowest BCUT2D eigenvalue weighted by atomic mass is 10.0. The lowest BCUT2D eigenvalue weighted by molar-refractivity contribution is 0.220. The van der Waals surface area contributed by atoms with Gasteiger partial charge in [0.2, 0.25) is 0 Å². The number of aliphatic hydroxyl groups is 1. The summed E-state index contributed by atoms with van der Waals surface area (Å²) in [5, 5.41) is 12.2. The second-order valence-corrected chi connectivity index (χ2v) is 7.14. The highest BCUT2D eigenvalue weighted by molar-refractivity contribution is 14.1. The van der Waals surface area contributed by atoms with Crippen LogP contribution in [0.15, 0.2) is 34.1 Å². The van der Waals surface area contributed by atoms with E-state index in [2.05, 4.69) is 38.5 Å². The zero-order chi connectivity index (χ0) is 12.4. The van der Waals surface area contributed by atoms with Crippen molar-refractivity contribution in [2.75, 3.05) is 7.11 Å². The minimum Gasteiger partial charge on any atom is -0.496 e. The van der Waals surface area contributed by atoms with Gasteiger partial charge in [0.25, 0.3) is 0 Å². The van der Waals surface area contributed by atoms with Crippen LogP contribution in [-0.2, 0) is 0 Å². The van der Waals surface area contributed by atoms with Crippen molar-refractivity contribution in [2.45, 2.75) is 6.10 Å². The molecule has 0 saturated carbocycles. The third-order valence-electron chi connectivity index (χ3n) is 2.40. The van der Waals surface area contributed by atoms with Gasteiger partial charge >= 0.3 is 0 Å². The first kappa shape index (κ1) is 13.3. The lowest BCUT2D eigenvalue weighted by Gasteiger charge is -2.11. The molecule has 0 aliphatic rings. The number of thiophene rings is 1. The first-order valence-corrected chi connectivity index (χ1v) is 7.62. The maximum atomic E-state index is 10.2. The van der Waals surface area contributed by atoms with E-state index in [1.54, 1.807) is 18.4 Å². The third-order valence-corrected chi connectivity index (χ3v) is 4.82. The second-order valence-electron chi connectivity index (χ2n) is 3.48. The van der Waals surface area contributed by atoms with E-state index in [0.29, 0.717) is 0 Å². The van der Waals surface area contributed by atoms with Gasteiger partial charge in [-0.05, 0) is 73.2 Å². The van der Waals surface area contributed by atoms with Crippen molar-refractivity contribution in [3.8, 4) is 5.75 Å². The Morgan fingerprint density at radius 2 is 2.12 bits per heavy atom. The molecule has 90 valence electrons. The Bertz CT molecular complexity index is 527. The van der Waals surface area contributed by atoms with Crippen LogP contribution in [-0.4, -0.2) is 12.2 Å². The number of hydrogen-bond donors (Lipinski definition) is 1. The Morgan fingerprint density at radius 1 is 1.35 bits per heavy atom. The first-order valence-electron chi connectivity index (χ1n) is 4.87. The van der Waals surface area contributed by atoms with Crippen LogP contribution in [0.25, 0.3) is 0 Å². The summed E-state index contributed by atoms with van der Waals surface area (Å²) in [4.78, 5) is 0. The molecule has 1 atom stereocenters. The first-order chi connectivity index (χ1) is 8.11. The van der Waals surface area contributed by atoms with Crippen molar-refractivity contribution in [3.63, 3.8) is 0 Å². The highest BCUT2D eigenvalue weighted by atomic mass is 127. The van der Waals surface area contributed by atoms with Gasteiger partial charge in [-0.15, -0.1) is 11.3 Å². The fourth-order valence-corrected chi connectivity index (χ4v) is 3.46. The molecule has 1 aromatic carbocycles. The minimum absolute atomic E-state index is 0.586. The lowest BCUT2D eigenvalue weighted by Crippen LogP contribution is -1.98. The van der Waals surface area contributed by atoms with Crippen LogP contribution in [0.2, 0.25) is 0 Å². The van der Waals surface area contributed by atoms with E-state index in [9.17, 15) is 5.11 Å². The van der Waals surface area contributed by atoms with Crippen LogP contribution in [0.4, 0.5) is 0 Å². The Balaban J connectivity index is 2.31. The summed E-state index contributed by atoms with van der Waals surface area (Å²) in [6.07, 6.45) is -0.586. The molecule has 17 heavy (non-hydrogen) atoms. The zero-order valence-electron chi connectivity index (χ0n) is 8.98. The molecule has 0 fully saturated rings. The highest BCUT2D eigenvalue weighted by Gasteiger charge is 2.13. The zero-order valence-corrected chi connectivity index (χ0v) is 13.5. The summed E-state index contributed by atoms with van der Waals surface area (Å²) in [5.74, 6) is 0.765. The molecule has 1 aromatic heterocycles. The Labute approximate surface area is 126 Å². The predicted molar refractivity (Wildman–Crippen MR) is 81.8 cm³/mol. The molecule has 5 heteroatoms. The molecule has 1 N–H and O–H groups in total. The quantitative estimate of drug-likeness (QED) is 0.748. The average Bonchev–Trinajstić information content (AvgIpc) is 2.75. The molecule has 0 amide bonds. The largest absolute Gasteiger partial charge is 0.496 e. The Kier molecular flexibility index (Phi) is 4.46. The summed E-state index contributed by atoms with van der Waals surface area (Å²) in [5.41, 5.74) is 1.78. The van der Waals surface area contributed by atoms with Crippen LogP contribution < -0.4 is 4.74 Å². The molecular weight excluding hydrogens is 415 g/mol. The second kappa shape index (κ2) is 5.69. The number of benzene rings is 1. The standard InChI is InChI=1S/C12H10BrIO2S/c1-16-10-3-2-7(4-9(10)13)12(15)8-5-11(14)17-6-8/h2-6,12,15H,1H3. The Hall–Kier alpha value is -0.110. The van der Waals surface area contributed by atoms with Gasteiger partial charge in [-0.2, -0.15) is 0 Å². The predicted octanol–water partition coefficient (Wildman–Crippen LogP) is 4.21. The summed E-state index contributed by atoms with van der Waals surface area (Å²) >= 11 is 7.30. The van der Waals surface area contributed by atoms with Crippen molar-refractivity contribution >= 4 is 49.9 Å². The van der Waals surface area contributed by atoms with Gasteiger partial charge in [-0.25, -0.2) is 0 Å². The van der Waals surface area contributed by atoms with Crippen molar-refractivity contribution in [3.05, 3.63) is 48.1 Å². The van der Waals surface area contributed by atoms with Crippen molar-refractivity contribution < 1.29 is 9.84 Å². The molecule has 0 radical (unpaired) electrons. The monoisotopic (exact) mass is 424 g/mol. The Morgan fingerprint density at radius 3 is 2.65 bits per heavy atom. The van der Waals surface area contributed by atoms with Gasteiger partial charge in [0.15, 0.2) is 0 Å². The molecule has 1 unspecified atom stereocenters. The fourth-order valence-electron chi connectivity index (χ4n) is 1.51. The van der Waals surface area contributed by atoms with Gasteiger partial charge in [-0.3, -0.25) is 0 Å². The summed E-state index contributed by atoms with van der Waals surface area (Å²) < 4.78 is 7.18. The van der Waals surface area contributed by atoms with E-state index < -0.39 is 6.10 Å². The molecule has 2 rings (SSSR count). The molecule has 2 aromatic rings. The maximum absolute atomic E-state index is 10.2. The van der Waals surface area contributed by atoms with Crippen molar-refractivity contribution in [1.29, 1.82) is 0 Å². The van der Waals surface area contributed by atoms with Gasteiger partial charge in [0.05, 0.1) is 14.5 Å². The molecule has 0 aliphatic carbocycles. The van der Waals surface area contributed by atoms with Crippen molar-refractivity contribution in [2.24, 2.45) is 0 Å². The fraction of sp³-hybridized carbons (Fsp3) is 0.167. The minimum atomic E-state index is -0.586. The van der Waals surface area contributed by atoms with Crippen LogP contribution >= 0.6 is 49.9 Å². The van der Waals surface area contributed by atoms with Gasteiger partial charge in [0.1, 0.15) is 11.9 Å². The van der Waals surface area contributed by atoms with Gasteiger partial charge in [-0.1, -0.05) is 6.07 Å². The van der Waals surface area contributed by atoms with Crippen LogP contribution in [0.1, 0.15) is 17.2 Å². The molecule has 2 nitrogen and oxygen atoms in total. The van der Waals surface area contributed by atoms with E-state index in [0.717, 1.165) is 21.3 Å². The van der Waals surface area contributed by atoms with E-state index in [1.165, 1.54) is 2.88 Å². The summed E-state index contributed by atoms with van der Waals surface area (Å²) in [6, 6.07) is 7.60. The normalized spacial score (nSPS) is 12.5. The maximum Gasteiger partial charge on any atom is 0.133 e. The molecule has 0 bridgehead atoms. The van der Waals surface area contributed by atoms with Crippen LogP contribution in [0.3, 0.4) is 0 Å². The molecule has 0 aliphatic heterocycles. The van der Waals surface area contributed by atoms with E-state index in [1.807, 2.05) is 29.6 Å². The van der Waals surface area contributed by atoms with E-state index in [4.69, 9.17) is 4.74 Å². The van der Waals surface area contributed by atoms with Gasteiger partial charge < -0.3 is 9.84 Å². The topological polar surface area (TPSA) is 29.5 Å². The number of aliphatic hydroxyl groups excluding tert-OH is 1. The van der Waals surface area contributed by atoms with Crippen LogP contribution in [0, 0.1) is 2.88 Å². The van der Waals surface area contributed by atoms with E-state index >= 15 is 0 Å². The molecule has 0 spiro atoms. The van der Waals surface area contributed by atoms with Crippen molar-refractivity contribution in [1.82, 2.24) is 0 Å². The SMILES string of the molecule is COc1ccc(C(O)c2csc(I)c2)cc1Br. The average molecular weight is 425 g/mol. The third kappa shape index (κ3) is 3.01. The number of ether oxygens (including phenoxy) is 1. The number of halogens is 2. The highest BCUT2D eigenvalue weighted by Crippen LogP contribution is 2.32. The number of rotatable bonds is 3. The summed E-state index contributed by atoms with van der Waals surface area (Å²) in [7, 11) is 1.62. The summed E-state index contributed by atoms with van der Waals surface area (Å²) in [6.45, 7) is 0. The number of hydrogen-bond acceptors (Lipinski definition) is 3. The number of methoxy groups -OCH3 is 1. The van der Waals surface area contributed by atoms with Gasteiger partial charge in [0, 0.05) is 0 Å². The molecular formula is C12H10BrIO2S. The van der Waals surface area contributed by atoms with Crippen LogP contribution in [0.5, 0.6) is 5.75 Å².